The zero-order chi connectivity index (χ0) is 16.9. The molecule has 0 bridgehead atoms. The average Bonchev–Trinajstić information content (AvgIpc) is 2.65. The Kier molecular flexibility index (Phi) is 5.01. The fourth-order valence-corrected chi connectivity index (χ4v) is 3.46. The SMILES string of the molecule is COC(=O)c1c(SCc2ccccc2)nc2ccccc2c1OC. The van der Waals surface area contributed by atoms with Crippen LogP contribution in [0.4, 0.5) is 0 Å². The first-order valence-electron chi connectivity index (χ1n) is 7.46. The molecule has 0 saturated carbocycles. The van der Waals surface area contributed by atoms with Crippen LogP contribution in [-0.4, -0.2) is 25.2 Å². The Morgan fingerprint density at radius 1 is 1.04 bits per heavy atom. The van der Waals surface area contributed by atoms with E-state index in [1.54, 1.807) is 7.11 Å². The van der Waals surface area contributed by atoms with Crippen LogP contribution in [0.1, 0.15) is 15.9 Å². The Morgan fingerprint density at radius 2 is 1.75 bits per heavy atom. The second kappa shape index (κ2) is 7.36. The number of rotatable bonds is 5. The summed E-state index contributed by atoms with van der Waals surface area (Å²) in [5.41, 5.74) is 2.32. The highest BCUT2D eigenvalue weighted by atomic mass is 32.2. The number of benzene rings is 2. The molecule has 24 heavy (non-hydrogen) atoms. The van der Waals surface area contributed by atoms with Crippen molar-refractivity contribution in [3.05, 3.63) is 65.7 Å². The third-order valence-electron chi connectivity index (χ3n) is 3.62. The summed E-state index contributed by atoms with van der Waals surface area (Å²) >= 11 is 1.50. The molecule has 0 amide bonds. The summed E-state index contributed by atoms with van der Waals surface area (Å²) in [6.45, 7) is 0. The van der Waals surface area contributed by atoms with Gasteiger partial charge in [0, 0.05) is 11.1 Å². The molecule has 0 N–H and O–H groups in total. The van der Waals surface area contributed by atoms with Crippen molar-refractivity contribution < 1.29 is 14.3 Å². The maximum atomic E-state index is 12.3. The highest BCUT2D eigenvalue weighted by molar-refractivity contribution is 7.98. The summed E-state index contributed by atoms with van der Waals surface area (Å²) in [5, 5.41) is 1.41. The summed E-state index contributed by atoms with van der Waals surface area (Å²) in [6, 6.07) is 17.7. The van der Waals surface area contributed by atoms with E-state index in [0.717, 1.165) is 16.5 Å². The normalized spacial score (nSPS) is 10.6. The zero-order valence-electron chi connectivity index (χ0n) is 13.5. The highest BCUT2D eigenvalue weighted by Gasteiger charge is 2.23. The van der Waals surface area contributed by atoms with E-state index >= 15 is 0 Å². The van der Waals surface area contributed by atoms with Crippen LogP contribution in [0.2, 0.25) is 0 Å². The van der Waals surface area contributed by atoms with Crippen LogP contribution in [0.5, 0.6) is 5.75 Å². The Morgan fingerprint density at radius 3 is 2.46 bits per heavy atom. The van der Waals surface area contributed by atoms with Gasteiger partial charge in [-0.1, -0.05) is 42.5 Å². The van der Waals surface area contributed by atoms with Crippen LogP contribution < -0.4 is 4.74 Å². The van der Waals surface area contributed by atoms with Crippen LogP contribution in [0.3, 0.4) is 0 Å². The van der Waals surface area contributed by atoms with E-state index in [9.17, 15) is 4.79 Å². The average molecular weight is 339 g/mol. The molecular weight excluding hydrogens is 322 g/mol. The van der Waals surface area contributed by atoms with Gasteiger partial charge in [-0.2, -0.15) is 0 Å². The highest BCUT2D eigenvalue weighted by Crippen LogP contribution is 2.36. The standard InChI is InChI=1S/C19H17NO3S/c1-22-17-14-10-6-7-11-15(14)20-18(16(17)19(21)23-2)24-12-13-8-4-3-5-9-13/h3-11H,12H2,1-2H3. The molecule has 0 saturated heterocycles. The van der Waals surface area contributed by atoms with Crippen LogP contribution in [0, 0.1) is 0 Å². The molecule has 0 radical (unpaired) electrons. The van der Waals surface area contributed by atoms with Gasteiger partial charge in [0.25, 0.3) is 0 Å². The van der Waals surface area contributed by atoms with Crippen molar-refractivity contribution in [1.82, 2.24) is 4.98 Å². The quantitative estimate of drug-likeness (QED) is 0.512. The maximum absolute atomic E-state index is 12.3. The number of fused-ring (bicyclic) bond motifs is 1. The summed E-state index contributed by atoms with van der Waals surface area (Å²) in [6.07, 6.45) is 0. The van der Waals surface area contributed by atoms with Crippen LogP contribution in [0.25, 0.3) is 10.9 Å². The van der Waals surface area contributed by atoms with E-state index in [0.29, 0.717) is 22.1 Å². The molecule has 0 aliphatic carbocycles. The van der Waals surface area contributed by atoms with Crippen molar-refractivity contribution >= 4 is 28.6 Å². The van der Waals surface area contributed by atoms with Crippen LogP contribution in [-0.2, 0) is 10.5 Å². The van der Waals surface area contributed by atoms with E-state index in [-0.39, 0.29) is 0 Å². The predicted octanol–water partition coefficient (Wildman–Crippen LogP) is 4.32. The van der Waals surface area contributed by atoms with Gasteiger partial charge in [0.2, 0.25) is 0 Å². The maximum Gasteiger partial charge on any atom is 0.344 e. The van der Waals surface area contributed by atoms with Crippen molar-refractivity contribution in [1.29, 1.82) is 0 Å². The number of hydrogen-bond donors (Lipinski definition) is 0. The van der Waals surface area contributed by atoms with Gasteiger partial charge in [0.05, 0.1) is 19.7 Å². The number of esters is 1. The number of aromatic nitrogens is 1. The van der Waals surface area contributed by atoms with Gasteiger partial charge in [-0.3, -0.25) is 0 Å². The molecule has 0 aliphatic heterocycles. The topological polar surface area (TPSA) is 48.4 Å². The summed E-state index contributed by atoms with van der Waals surface area (Å²) in [5.74, 6) is 0.767. The minimum Gasteiger partial charge on any atom is -0.495 e. The van der Waals surface area contributed by atoms with Gasteiger partial charge in [0.1, 0.15) is 16.3 Å². The van der Waals surface area contributed by atoms with Gasteiger partial charge in [0.15, 0.2) is 0 Å². The lowest BCUT2D eigenvalue weighted by Crippen LogP contribution is -2.08. The second-order valence-electron chi connectivity index (χ2n) is 5.11. The molecule has 1 heterocycles. The third-order valence-corrected chi connectivity index (χ3v) is 4.67. The Bertz CT molecular complexity index is 865. The number of ether oxygens (including phenoxy) is 2. The van der Waals surface area contributed by atoms with E-state index < -0.39 is 5.97 Å². The van der Waals surface area contributed by atoms with Gasteiger partial charge < -0.3 is 9.47 Å². The molecule has 0 unspecified atom stereocenters. The molecule has 1 aromatic heterocycles. The van der Waals surface area contributed by atoms with E-state index in [1.165, 1.54) is 18.9 Å². The lowest BCUT2D eigenvalue weighted by atomic mass is 10.1. The zero-order valence-corrected chi connectivity index (χ0v) is 14.3. The molecule has 5 heteroatoms. The lowest BCUT2D eigenvalue weighted by Gasteiger charge is -2.14. The number of nitrogens with zero attached hydrogens (tertiary/aromatic N) is 1. The second-order valence-corrected chi connectivity index (χ2v) is 6.07. The number of methoxy groups -OCH3 is 2. The Labute approximate surface area is 144 Å². The Hall–Kier alpha value is -2.53. The van der Waals surface area contributed by atoms with Crippen molar-refractivity contribution in [2.24, 2.45) is 0 Å². The molecule has 3 rings (SSSR count). The molecule has 122 valence electrons. The number of thioether (sulfide) groups is 1. The first kappa shape index (κ1) is 16.3. The molecule has 0 fully saturated rings. The molecule has 2 aromatic carbocycles. The number of carbonyl (C=O) groups excluding carboxylic acids is 1. The van der Waals surface area contributed by atoms with Crippen molar-refractivity contribution in [3.63, 3.8) is 0 Å². The minimum absolute atomic E-state index is 0.375. The van der Waals surface area contributed by atoms with Gasteiger partial charge >= 0.3 is 5.97 Å². The molecule has 0 atom stereocenters. The smallest absolute Gasteiger partial charge is 0.344 e. The van der Waals surface area contributed by atoms with Crippen molar-refractivity contribution in [2.45, 2.75) is 10.8 Å². The van der Waals surface area contributed by atoms with Gasteiger partial charge in [-0.15, -0.1) is 11.8 Å². The van der Waals surface area contributed by atoms with E-state index in [4.69, 9.17) is 9.47 Å². The van der Waals surface area contributed by atoms with Crippen LogP contribution in [0.15, 0.2) is 59.6 Å². The van der Waals surface area contributed by atoms with Crippen molar-refractivity contribution in [3.8, 4) is 5.75 Å². The lowest BCUT2D eigenvalue weighted by molar-refractivity contribution is 0.0592. The van der Waals surface area contributed by atoms with Crippen molar-refractivity contribution in [2.75, 3.05) is 14.2 Å². The first-order valence-corrected chi connectivity index (χ1v) is 8.45. The molecule has 3 aromatic rings. The monoisotopic (exact) mass is 339 g/mol. The predicted molar refractivity (Wildman–Crippen MR) is 95.6 cm³/mol. The minimum atomic E-state index is -0.444. The van der Waals surface area contributed by atoms with Gasteiger partial charge in [-0.25, -0.2) is 9.78 Å². The van der Waals surface area contributed by atoms with Gasteiger partial charge in [-0.05, 0) is 17.7 Å². The van der Waals surface area contributed by atoms with E-state index in [2.05, 4.69) is 4.98 Å². The van der Waals surface area contributed by atoms with Crippen LogP contribution >= 0.6 is 11.8 Å². The summed E-state index contributed by atoms with van der Waals surface area (Å²) in [7, 11) is 2.92. The largest absolute Gasteiger partial charge is 0.495 e. The Balaban J connectivity index is 2.09. The number of para-hydroxylation sites is 1. The molecule has 0 aliphatic rings. The molecular formula is C19H17NO3S. The number of pyridine rings is 1. The summed E-state index contributed by atoms with van der Waals surface area (Å²) < 4.78 is 10.5. The fraction of sp³-hybridized carbons (Fsp3) is 0.158. The molecule has 0 spiro atoms. The third kappa shape index (κ3) is 3.21. The number of carbonyl (C=O) groups is 1. The fourth-order valence-electron chi connectivity index (χ4n) is 2.48. The summed E-state index contributed by atoms with van der Waals surface area (Å²) in [4.78, 5) is 17.0. The molecule has 4 nitrogen and oxygen atoms in total. The number of hydrogen-bond acceptors (Lipinski definition) is 5. The van der Waals surface area contributed by atoms with E-state index in [1.807, 2.05) is 54.6 Å². The first-order chi connectivity index (χ1) is 11.7.